The summed E-state index contributed by atoms with van der Waals surface area (Å²) in [6, 6.07) is 74.6. The van der Waals surface area contributed by atoms with Crippen LogP contribution in [0.2, 0.25) is 0 Å². The van der Waals surface area contributed by atoms with Gasteiger partial charge in [-0.2, -0.15) is 15.3 Å². The SMILES string of the molecule is C1COCCN1.C=C1C=CC=CN1.C=C1C=CC=NN1.c1ccc2[nH]cnc2c1.c1ccc2ncccc2c1.c1ccc2nccnc2c1.c1ccc2scnc2c1.c1ccn2ccnc2c1.c1ccn2cnnc2c1.c1ccn2nccc2c1.c1ccn2ncnc2c1.c1ccncc1.c1ccncc1.c1cnccn1.c1cnccn1.c1cncnc1.c1ncncn1. The number of rotatable bonds is 0. The molecule has 0 spiro atoms. The zero-order valence-electron chi connectivity index (χ0n) is 70.6. The highest BCUT2D eigenvalue weighted by Crippen LogP contribution is 2.16. The number of ether oxygens (including phenoxy) is 1. The van der Waals surface area contributed by atoms with E-state index in [1.807, 2.05) is 299 Å². The van der Waals surface area contributed by atoms with Crippen LogP contribution in [0.4, 0.5) is 0 Å². The van der Waals surface area contributed by atoms with E-state index in [1.54, 1.807) is 152 Å². The van der Waals surface area contributed by atoms with Crippen LogP contribution in [-0.2, 0) is 4.74 Å². The van der Waals surface area contributed by atoms with Gasteiger partial charge in [0.15, 0.2) is 11.3 Å². The van der Waals surface area contributed by atoms with Gasteiger partial charge >= 0.3 is 0 Å². The molecule has 0 saturated carbocycles. The third kappa shape index (κ3) is 41.3. The molecule has 25 rings (SSSR count). The van der Waals surface area contributed by atoms with Crippen molar-refractivity contribution in [2.45, 2.75) is 0 Å². The minimum Gasteiger partial charge on any atom is -0.379 e. The Balaban J connectivity index is 0.000000156. The quantitative estimate of drug-likeness (QED) is 0.110. The Morgan fingerprint density at radius 3 is 1.38 bits per heavy atom. The molecule has 32 nitrogen and oxygen atoms in total. The molecule has 0 amide bonds. The second-order valence-corrected chi connectivity index (χ2v) is 25.8. The van der Waals surface area contributed by atoms with Crippen LogP contribution in [-0.4, -0.2) is 165 Å². The van der Waals surface area contributed by atoms with E-state index >= 15 is 0 Å². The fourth-order valence-electron chi connectivity index (χ4n) is 9.77. The predicted molar refractivity (Wildman–Crippen MR) is 512 cm³/mol. The molecule has 0 atom stereocenters. The number of aromatic nitrogens is 27. The van der Waals surface area contributed by atoms with Crippen molar-refractivity contribution in [2.24, 2.45) is 5.10 Å². The molecule has 130 heavy (non-hydrogen) atoms. The Hall–Kier alpha value is -18.0. The number of hydrazone groups is 1. The van der Waals surface area contributed by atoms with Gasteiger partial charge in [0.05, 0.1) is 68.4 Å². The van der Waals surface area contributed by atoms with Crippen molar-refractivity contribution < 1.29 is 4.74 Å². The van der Waals surface area contributed by atoms with E-state index in [0.717, 1.165) is 93.3 Å². The number of hydrogen-bond acceptors (Lipinski definition) is 28. The second-order valence-electron chi connectivity index (χ2n) is 24.9. The molecule has 4 aromatic carbocycles. The molecule has 0 aliphatic carbocycles. The number of fused-ring (bicyclic) bond motifs is 8. The number of thiazole rings is 1. The van der Waals surface area contributed by atoms with Crippen LogP contribution in [0.3, 0.4) is 0 Å². The first-order valence-electron chi connectivity index (χ1n) is 40.0. The summed E-state index contributed by atoms with van der Waals surface area (Å²) < 4.78 is 13.7. The van der Waals surface area contributed by atoms with Gasteiger partial charge < -0.3 is 24.8 Å². The molecule has 3 aliphatic rings. The highest BCUT2D eigenvalue weighted by Gasteiger charge is 1.96. The van der Waals surface area contributed by atoms with E-state index < -0.39 is 0 Å². The lowest BCUT2D eigenvalue weighted by molar-refractivity contribution is 0.109. The van der Waals surface area contributed by atoms with Crippen LogP contribution in [0.1, 0.15) is 0 Å². The summed E-state index contributed by atoms with van der Waals surface area (Å²) in [4.78, 5) is 72.2. The number of dihydropyridines is 1. The number of imidazole rings is 2. The van der Waals surface area contributed by atoms with Crippen molar-refractivity contribution in [3.05, 3.63) is 490 Å². The van der Waals surface area contributed by atoms with Crippen molar-refractivity contribution in [2.75, 3.05) is 26.3 Å². The lowest BCUT2D eigenvalue weighted by atomic mass is 10.2. The van der Waals surface area contributed by atoms with Crippen LogP contribution in [0.15, 0.2) is 495 Å². The third-order valence-electron chi connectivity index (χ3n) is 15.7. The molecule has 0 unspecified atom stereocenters. The van der Waals surface area contributed by atoms with Crippen LogP contribution < -0.4 is 16.1 Å². The lowest BCUT2D eigenvalue weighted by Gasteiger charge is -2.10. The summed E-state index contributed by atoms with van der Waals surface area (Å²) in [6.07, 6.45) is 65.6. The van der Waals surface area contributed by atoms with Gasteiger partial charge in [-0.25, -0.2) is 53.9 Å². The number of hydrogen-bond donors (Lipinski definition) is 4. The number of morpholine rings is 1. The largest absolute Gasteiger partial charge is 0.379 e. The van der Waals surface area contributed by atoms with E-state index in [4.69, 9.17) is 4.74 Å². The molecule has 18 aromatic heterocycles. The first-order valence-corrected chi connectivity index (χ1v) is 40.8. The normalized spacial score (nSPS) is 10.9. The summed E-state index contributed by atoms with van der Waals surface area (Å²) in [5.41, 5.74) is 16.4. The molecule has 648 valence electrons. The topological polar surface area (TPSA) is 375 Å². The van der Waals surface area contributed by atoms with Gasteiger partial charge in [-0.05, 0) is 158 Å². The average Bonchev–Trinajstić information content (AvgIpc) is 1.56. The van der Waals surface area contributed by atoms with E-state index in [0.29, 0.717) is 0 Å². The van der Waals surface area contributed by atoms with Gasteiger partial charge in [0.1, 0.15) is 43.6 Å². The number of aromatic amines is 1. The number of nitrogens with zero attached hydrogens (tertiary/aromatic N) is 27. The minimum absolute atomic E-state index is 0.836. The number of H-pyrrole nitrogens is 1. The molecule has 1 saturated heterocycles. The van der Waals surface area contributed by atoms with Crippen molar-refractivity contribution in [1.29, 1.82) is 0 Å². The van der Waals surface area contributed by atoms with E-state index in [9.17, 15) is 0 Å². The summed E-state index contributed by atoms with van der Waals surface area (Å²) >= 11 is 1.68. The van der Waals surface area contributed by atoms with E-state index in [2.05, 4.69) is 168 Å². The molecule has 3 aliphatic heterocycles. The first-order chi connectivity index (χ1) is 64.5. The number of benzene rings is 4. The highest BCUT2D eigenvalue weighted by atomic mass is 32.1. The smallest absolute Gasteiger partial charge is 0.160 e. The van der Waals surface area contributed by atoms with Crippen molar-refractivity contribution in [1.82, 2.24) is 149 Å². The predicted octanol–water partition coefficient (Wildman–Crippen LogP) is 16.7. The Labute approximate surface area is 754 Å². The molecule has 33 heteroatoms. The Morgan fingerprint density at radius 1 is 0.346 bits per heavy atom. The monoisotopic (exact) mass is 1740 g/mol. The Morgan fingerprint density at radius 2 is 0.892 bits per heavy atom. The van der Waals surface area contributed by atoms with Crippen LogP contribution in [0.25, 0.3) is 65.6 Å². The molecule has 22 aromatic rings. The van der Waals surface area contributed by atoms with Crippen molar-refractivity contribution in [3.63, 3.8) is 0 Å². The minimum atomic E-state index is 0.836. The van der Waals surface area contributed by atoms with Gasteiger partial charge in [0.25, 0.3) is 0 Å². The average molecular weight is 1740 g/mol. The number of pyridine rings is 7. The lowest BCUT2D eigenvalue weighted by Crippen LogP contribution is -2.30. The van der Waals surface area contributed by atoms with Gasteiger partial charge in [-0.3, -0.25) is 54.7 Å². The van der Waals surface area contributed by atoms with Crippen molar-refractivity contribution >= 4 is 83.2 Å². The van der Waals surface area contributed by atoms with Crippen LogP contribution in [0, 0.1) is 0 Å². The zero-order valence-corrected chi connectivity index (χ0v) is 71.4. The summed E-state index contributed by atoms with van der Waals surface area (Å²) in [5, 5.41) is 26.5. The van der Waals surface area contributed by atoms with E-state index in [-0.39, 0.29) is 0 Å². The van der Waals surface area contributed by atoms with Crippen molar-refractivity contribution in [3.8, 4) is 0 Å². The maximum atomic E-state index is 5.01. The summed E-state index contributed by atoms with van der Waals surface area (Å²) in [7, 11) is 0. The maximum absolute atomic E-state index is 5.01. The Bertz CT molecular complexity index is 5340. The van der Waals surface area contributed by atoms with Crippen LogP contribution >= 0.6 is 11.3 Å². The number of para-hydroxylation sites is 6. The molecular weight excluding hydrogens is 1650 g/mol. The van der Waals surface area contributed by atoms with Gasteiger partial charge in [0.2, 0.25) is 0 Å². The molecule has 0 radical (unpaired) electrons. The van der Waals surface area contributed by atoms with Gasteiger partial charge in [-0.15, -0.1) is 21.5 Å². The summed E-state index contributed by atoms with van der Waals surface area (Å²) in [5.74, 6) is 0. The van der Waals surface area contributed by atoms with Crippen LogP contribution in [0.5, 0.6) is 0 Å². The van der Waals surface area contributed by atoms with Gasteiger partial charge in [-0.1, -0.05) is 116 Å². The third-order valence-corrected chi connectivity index (χ3v) is 16.5. The maximum Gasteiger partial charge on any atom is 0.160 e. The second kappa shape index (κ2) is 63.1. The zero-order chi connectivity index (χ0) is 90.2. The van der Waals surface area contributed by atoms with Gasteiger partial charge in [0, 0.05) is 191 Å². The fourth-order valence-corrected chi connectivity index (χ4v) is 10.4. The molecule has 0 bridgehead atoms. The molecule has 21 heterocycles. The number of allylic oxidation sites excluding steroid dienone is 5. The molecular formula is C97H93N31OS. The Kier molecular flexibility index (Phi) is 46.5. The fraction of sp³-hybridized carbons (Fsp3) is 0.0412. The number of nitrogens with one attached hydrogen (secondary N) is 4. The molecule has 1 fully saturated rings. The van der Waals surface area contributed by atoms with E-state index in [1.165, 1.54) is 41.7 Å². The summed E-state index contributed by atoms with van der Waals surface area (Å²) in [6.45, 7) is 11.1. The first kappa shape index (κ1) is 95.9. The standard InChI is InChI=1S/C9H7N.C8H6N2.3C7H6N2.C7H5NS.2C6H5N3.C6H7N.C5H6N2.2C5H5N.3C4H4N2.C4H9NO.C3H3N3/c1-2-6-9-8(4-1)5-3-7-10-9;1-2-4-8-7(3-1)9-5-6-10-8;1-2-6-9-7(3-1)4-5-8-9;1-2-5-9-6-4-8-7(9)3-1;2*1-2-4-7-6(3-1)8-5-9-7;1-2-4-9-5-7-8-6(9)3-1;1-2-4-9-6(3-1)7-5-8-9;1-6-4-2-3-5-7-6;1-5-3-2-4-6-7-5;2*1-2-4-6-5-3-1;2*1-2-6-4-3-5-1;1-2-5-4-6-3-1;1-3-6-4-2-5-1;1-4-2-6-3-5-1/h1-7H;1-6H;2*1-6H;1-5H,(H,8,9);3*1-5H;2-5,7H,1H2;2-4,7H,1H2;2*1-5H;3*1-4H;5H,1-4H2;1-3H. The highest BCUT2D eigenvalue weighted by molar-refractivity contribution is 7.16. The molecule has 4 N–H and O–H groups in total.